The van der Waals surface area contributed by atoms with Gasteiger partial charge in [-0.25, -0.2) is 0 Å². The Morgan fingerprint density at radius 1 is 0.710 bits per heavy atom. The van der Waals surface area contributed by atoms with Gasteiger partial charge in [0.05, 0.1) is 0 Å². The van der Waals surface area contributed by atoms with E-state index in [1.807, 2.05) is 66.4 Å². The summed E-state index contributed by atoms with van der Waals surface area (Å²) in [5.74, 6) is 0.826. The average molecular weight is 719 g/mol. The van der Waals surface area contributed by atoms with Crippen LogP contribution in [0.2, 0.25) is 0 Å². The Hall–Kier alpha value is -0.790. The maximum atomic E-state index is 13.6. The Balaban J connectivity index is 2.46. The molecule has 2 amide bonds. The van der Waals surface area contributed by atoms with Crippen molar-refractivity contribution in [2.45, 2.75) is 40.5 Å². The quantitative estimate of drug-likeness (QED) is 0.249. The van der Waals surface area contributed by atoms with Gasteiger partial charge in [-0.2, -0.15) is 0 Å². The number of benzene rings is 2. The second-order valence-electron chi connectivity index (χ2n) is 8.52. The molecular weight excluding hydrogens is 687 g/mol. The molecule has 0 heterocycles. The van der Waals surface area contributed by atoms with Crippen molar-refractivity contribution in [3.63, 3.8) is 0 Å². The van der Waals surface area contributed by atoms with E-state index in [9.17, 15) is 9.59 Å². The first kappa shape index (κ1) is 26.5. The van der Waals surface area contributed by atoms with Crippen LogP contribution in [0, 0.1) is 11.8 Å². The maximum absolute atomic E-state index is 13.6. The fourth-order valence-corrected chi connectivity index (χ4v) is 20.8. The molecule has 2 aromatic carbocycles. The van der Waals surface area contributed by atoms with Crippen molar-refractivity contribution in [3.8, 4) is 0 Å². The second-order valence-corrected chi connectivity index (χ2v) is 42.9. The van der Waals surface area contributed by atoms with E-state index < -0.39 is 15.9 Å². The van der Waals surface area contributed by atoms with Crippen molar-refractivity contribution in [2.24, 2.45) is 11.8 Å². The van der Waals surface area contributed by atoms with Crippen LogP contribution in [0.25, 0.3) is 0 Å². The summed E-state index contributed by atoms with van der Waals surface area (Å²) in [6.45, 7) is 9.80. The van der Waals surface area contributed by atoms with Crippen LogP contribution < -0.4 is 0 Å². The molecule has 0 radical (unpaired) electrons. The molecule has 0 N–H and O–H groups in total. The van der Waals surface area contributed by atoms with Gasteiger partial charge in [-0.1, -0.05) is 0 Å². The van der Waals surface area contributed by atoms with Crippen molar-refractivity contribution in [3.05, 3.63) is 71.8 Å². The summed E-state index contributed by atoms with van der Waals surface area (Å²) >= 11 is 3.82. The molecule has 2 aromatic rings. The molecule has 168 valence electrons. The summed E-state index contributed by atoms with van der Waals surface area (Å²) in [6, 6.07) is 18.7. The predicted octanol–water partition coefficient (Wildman–Crippen LogP) is 6.97. The number of hydrogen-bond acceptors (Lipinski definition) is 2. The zero-order valence-electron chi connectivity index (χ0n) is 18.7. The average Bonchev–Trinajstić information content (AvgIpc) is 2.74. The standard InChI is InChI=1S/2C12H17NO.2BrH.Hf/c2*1-10(2)8-9-13-12(14)11-6-4-3-5-7-11;;;/h2*3-7,10H,8-9H2,1-2H3,(H,13,14);2*1H;/q;;;;+4/p-4. The molecule has 2 rings (SSSR count). The summed E-state index contributed by atoms with van der Waals surface area (Å²) in [5, 5.41) is 0. The van der Waals surface area contributed by atoms with E-state index in [2.05, 4.69) is 52.3 Å². The van der Waals surface area contributed by atoms with E-state index in [0.29, 0.717) is 36.1 Å². The number of rotatable bonds is 10. The third kappa shape index (κ3) is 7.64. The fraction of sp³-hybridized carbons (Fsp3) is 0.417. The Bertz CT molecular complexity index is 776. The first-order chi connectivity index (χ1) is 14.6. The van der Waals surface area contributed by atoms with Crippen LogP contribution in [0.4, 0.5) is 0 Å². The van der Waals surface area contributed by atoms with Gasteiger partial charge in [0, 0.05) is 0 Å². The number of carbonyl (C=O) groups is 2. The second kappa shape index (κ2) is 12.5. The minimum absolute atomic E-state index is 0.0351. The van der Waals surface area contributed by atoms with Gasteiger partial charge in [-0.05, 0) is 0 Å². The number of hydrogen-bond donors (Lipinski definition) is 0. The van der Waals surface area contributed by atoms with E-state index in [1.54, 1.807) is 0 Å². The normalized spacial score (nSPS) is 11.6. The molecule has 0 bridgehead atoms. The van der Waals surface area contributed by atoms with E-state index in [1.165, 1.54) is 0 Å². The van der Waals surface area contributed by atoms with Crippen LogP contribution in [0.15, 0.2) is 60.7 Å². The molecule has 0 saturated carbocycles. The number of carbonyl (C=O) groups excluding carboxylic acids is 2. The zero-order chi connectivity index (χ0) is 23.0. The van der Waals surface area contributed by atoms with Gasteiger partial charge in [-0.3, -0.25) is 0 Å². The van der Waals surface area contributed by atoms with Crippen LogP contribution in [0.1, 0.15) is 61.3 Å². The van der Waals surface area contributed by atoms with Gasteiger partial charge >= 0.3 is 205 Å². The minimum atomic E-state index is -4.10. The summed E-state index contributed by atoms with van der Waals surface area (Å²) < 4.78 is 3.87. The summed E-state index contributed by atoms with van der Waals surface area (Å²) in [4.78, 5) is 27.2. The first-order valence-corrected chi connectivity index (χ1v) is 29.7. The van der Waals surface area contributed by atoms with E-state index >= 15 is 0 Å². The van der Waals surface area contributed by atoms with Crippen molar-refractivity contribution in [2.75, 3.05) is 13.1 Å². The van der Waals surface area contributed by atoms with Gasteiger partial charge in [0.25, 0.3) is 0 Å². The third-order valence-corrected chi connectivity index (χ3v) is 26.8. The van der Waals surface area contributed by atoms with E-state index in [0.717, 1.165) is 12.8 Å². The molecular formula is C24H32Br2HfN2O2. The van der Waals surface area contributed by atoms with Crippen molar-refractivity contribution in [1.29, 1.82) is 0 Å². The Morgan fingerprint density at radius 2 is 1.03 bits per heavy atom. The Morgan fingerprint density at radius 3 is 1.32 bits per heavy atom. The molecule has 0 aliphatic carbocycles. The van der Waals surface area contributed by atoms with Crippen LogP contribution in [-0.4, -0.2) is 30.7 Å². The van der Waals surface area contributed by atoms with Gasteiger partial charge in [0.2, 0.25) is 0 Å². The van der Waals surface area contributed by atoms with Crippen LogP contribution >= 0.6 is 24.6 Å². The monoisotopic (exact) mass is 718 g/mol. The Labute approximate surface area is 203 Å². The van der Waals surface area contributed by atoms with Crippen molar-refractivity contribution in [1.82, 2.24) is 5.78 Å². The van der Waals surface area contributed by atoms with Crippen LogP contribution in [-0.2, 0) is 15.9 Å². The van der Waals surface area contributed by atoms with Gasteiger partial charge in [0.1, 0.15) is 0 Å². The summed E-state index contributed by atoms with van der Waals surface area (Å²) in [7, 11) is 0. The van der Waals surface area contributed by atoms with E-state index in [-0.39, 0.29) is 11.8 Å². The molecule has 0 aromatic heterocycles. The summed E-state index contributed by atoms with van der Waals surface area (Å²) in [5.41, 5.74) is 1.29. The molecule has 0 aliphatic heterocycles. The van der Waals surface area contributed by atoms with E-state index in [4.69, 9.17) is 0 Å². The van der Waals surface area contributed by atoms with Crippen LogP contribution in [0.3, 0.4) is 0 Å². The molecule has 0 spiro atoms. The molecule has 4 nitrogen and oxygen atoms in total. The van der Waals surface area contributed by atoms with Crippen molar-refractivity contribution >= 4 is 36.4 Å². The molecule has 0 fully saturated rings. The number of halogens is 2. The molecule has 0 unspecified atom stereocenters. The number of amides is 2. The molecule has 0 atom stereocenters. The van der Waals surface area contributed by atoms with Gasteiger partial charge < -0.3 is 0 Å². The first-order valence-electron chi connectivity index (χ1n) is 10.8. The summed E-state index contributed by atoms with van der Waals surface area (Å²) in [6.07, 6.45) is 1.74. The Kier molecular flexibility index (Phi) is 10.6. The zero-order valence-corrected chi connectivity index (χ0v) is 25.5. The predicted molar refractivity (Wildman–Crippen MR) is 132 cm³/mol. The molecule has 0 saturated heterocycles. The molecule has 0 aliphatic rings. The van der Waals surface area contributed by atoms with Gasteiger partial charge in [0.15, 0.2) is 0 Å². The van der Waals surface area contributed by atoms with Crippen LogP contribution in [0.5, 0.6) is 0 Å². The molecule has 31 heavy (non-hydrogen) atoms. The fourth-order valence-electron chi connectivity index (χ4n) is 3.11. The van der Waals surface area contributed by atoms with Gasteiger partial charge in [-0.15, -0.1) is 0 Å². The number of nitrogens with zero attached hydrogens (tertiary/aromatic N) is 2. The van der Waals surface area contributed by atoms with Crippen molar-refractivity contribution < 1.29 is 25.5 Å². The molecule has 7 heteroatoms. The third-order valence-electron chi connectivity index (χ3n) is 5.04. The SMILES string of the molecule is CC(C)CC[N](C(=O)c1ccccc1)[Hf]([Br])([Br])[N](CCC(C)C)C(=O)c1ccccc1. The topological polar surface area (TPSA) is 40.6 Å².